The summed E-state index contributed by atoms with van der Waals surface area (Å²) in [5, 5.41) is 0.538. The zero-order valence-electron chi connectivity index (χ0n) is 18.6. The summed E-state index contributed by atoms with van der Waals surface area (Å²) in [5.41, 5.74) is 4.64. The standard InChI is InChI=1S/C28H26N2O3/c1-19-10-12-20(13-11-19)18-24-27(32)23-9-5-8-22(26(31)21-6-3-2-4-7-21)25(23)29-28(24)30-14-16-33-17-15-30/h2-13H,14-18H2,1H3,(H,29,32). The Bertz CT molecular complexity index is 1350. The molecule has 0 spiro atoms. The van der Waals surface area contributed by atoms with E-state index in [1.165, 1.54) is 5.56 Å². The van der Waals surface area contributed by atoms with Gasteiger partial charge in [-0.2, -0.15) is 0 Å². The first-order chi connectivity index (χ1) is 16.1. The van der Waals surface area contributed by atoms with Crippen molar-refractivity contribution >= 4 is 22.5 Å². The third-order valence-corrected chi connectivity index (χ3v) is 6.22. The predicted octanol–water partition coefficient (Wildman–Crippen LogP) is 4.49. The van der Waals surface area contributed by atoms with Crippen LogP contribution >= 0.6 is 0 Å². The maximum absolute atomic E-state index is 13.8. The maximum Gasteiger partial charge on any atom is 0.195 e. The third-order valence-electron chi connectivity index (χ3n) is 6.22. The maximum atomic E-state index is 13.8. The van der Waals surface area contributed by atoms with E-state index in [-0.39, 0.29) is 11.2 Å². The molecule has 0 unspecified atom stereocenters. The predicted molar refractivity (Wildman–Crippen MR) is 131 cm³/mol. The summed E-state index contributed by atoms with van der Waals surface area (Å²) in [6.45, 7) is 4.65. The zero-order valence-corrected chi connectivity index (χ0v) is 18.6. The average molecular weight is 439 g/mol. The molecule has 1 fully saturated rings. The number of aryl methyl sites for hydroxylation is 1. The summed E-state index contributed by atoms with van der Waals surface area (Å²) in [6.07, 6.45) is 0.523. The number of morpholine rings is 1. The molecule has 0 saturated carbocycles. The van der Waals surface area contributed by atoms with Crippen molar-refractivity contribution in [3.63, 3.8) is 0 Å². The number of carbonyl (C=O) groups excluding carboxylic acids is 1. The topological polar surface area (TPSA) is 62.4 Å². The van der Waals surface area contributed by atoms with E-state index in [4.69, 9.17) is 4.74 Å². The number of nitrogens with zero attached hydrogens (tertiary/aromatic N) is 1. The van der Waals surface area contributed by atoms with Crippen molar-refractivity contribution in [2.45, 2.75) is 13.3 Å². The number of pyridine rings is 1. The monoisotopic (exact) mass is 438 g/mol. The second-order valence-electron chi connectivity index (χ2n) is 8.47. The summed E-state index contributed by atoms with van der Waals surface area (Å²) in [6, 6.07) is 22.8. The first-order valence-corrected chi connectivity index (χ1v) is 11.3. The number of fused-ring (bicyclic) bond motifs is 1. The molecule has 5 heteroatoms. The van der Waals surface area contributed by atoms with Crippen molar-refractivity contribution < 1.29 is 9.53 Å². The molecule has 3 aromatic carbocycles. The van der Waals surface area contributed by atoms with Gasteiger partial charge < -0.3 is 14.6 Å². The van der Waals surface area contributed by atoms with Gasteiger partial charge in [0.15, 0.2) is 11.2 Å². The summed E-state index contributed by atoms with van der Waals surface area (Å²) in [7, 11) is 0. The molecule has 2 heterocycles. The number of aromatic nitrogens is 1. The number of nitrogens with one attached hydrogen (secondary N) is 1. The number of H-pyrrole nitrogens is 1. The molecular formula is C28H26N2O3. The van der Waals surface area contributed by atoms with Crippen molar-refractivity contribution in [3.8, 4) is 0 Å². The van der Waals surface area contributed by atoms with Crippen LogP contribution in [-0.2, 0) is 11.2 Å². The highest BCUT2D eigenvalue weighted by atomic mass is 16.5. The third kappa shape index (κ3) is 4.20. The molecule has 0 aliphatic carbocycles. The molecule has 1 aliphatic heterocycles. The van der Waals surface area contributed by atoms with Gasteiger partial charge in [-0.25, -0.2) is 0 Å². The summed E-state index contributed by atoms with van der Waals surface area (Å²) in [5.74, 6) is 0.681. The van der Waals surface area contributed by atoms with Gasteiger partial charge in [-0.1, -0.05) is 66.2 Å². The molecule has 4 aromatic rings. The van der Waals surface area contributed by atoms with Crippen LogP contribution < -0.4 is 10.3 Å². The number of anilines is 1. The minimum absolute atomic E-state index is 0.0338. The number of ether oxygens (including phenoxy) is 1. The normalized spacial score (nSPS) is 13.9. The molecule has 1 N–H and O–H groups in total. The van der Waals surface area contributed by atoms with Crippen LogP contribution in [0, 0.1) is 6.92 Å². The minimum atomic E-state index is -0.101. The fraction of sp³-hybridized carbons (Fsp3) is 0.214. The number of aromatic amines is 1. The van der Waals surface area contributed by atoms with Gasteiger partial charge in [-0.3, -0.25) is 9.59 Å². The lowest BCUT2D eigenvalue weighted by Crippen LogP contribution is -2.38. The second kappa shape index (κ2) is 9.04. The van der Waals surface area contributed by atoms with E-state index in [0.29, 0.717) is 54.8 Å². The molecular weight excluding hydrogens is 412 g/mol. The number of carbonyl (C=O) groups is 1. The highest BCUT2D eigenvalue weighted by molar-refractivity contribution is 6.15. The lowest BCUT2D eigenvalue weighted by molar-refractivity contribution is 0.104. The zero-order chi connectivity index (χ0) is 22.8. The molecule has 0 bridgehead atoms. The Morgan fingerprint density at radius 1 is 0.939 bits per heavy atom. The number of hydrogen-bond donors (Lipinski definition) is 1. The Kier molecular flexibility index (Phi) is 5.80. The van der Waals surface area contributed by atoms with E-state index >= 15 is 0 Å². The van der Waals surface area contributed by atoms with E-state index in [9.17, 15) is 9.59 Å². The molecule has 166 valence electrons. The molecule has 1 saturated heterocycles. The number of rotatable bonds is 5. The average Bonchev–Trinajstić information content (AvgIpc) is 2.87. The molecule has 0 amide bonds. The lowest BCUT2D eigenvalue weighted by atomic mass is 9.97. The van der Waals surface area contributed by atoms with E-state index in [0.717, 1.165) is 16.9 Å². The van der Waals surface area contributed by atoms with Crippen LogP contribution in [0.2, 0.25) is 0 Å². The summed E-state index contributed by atoms with van der Waals surface area (Å²) >= 11 is 0. The van der Waals surface area contributed by atoms with Crippen molar-refractivity contribution in [1.29, 1.82) is 0 Å². The Morgan fingerprint density at radius 2 is 1.67 bits per heavy atom. The van der Waals surface area contributed by atoms with Crippen LogP contribution in [0.1, 0.15) is 32.6 Å². The van der Waals surface area contributed by atoms with Crippen molar-refractivity contribution in [2.24, 2.45) is 0 Å². The smallest absolute Gasteiger partial charge is 0.195 e. The summed E-state index contributed by atoms with van der Waals surface area (Å²) < 4.78 is 5.54. The quantitative estimate of drug-likeness (QED) is 0.466. The fourth-order valence-electron chi connectivity index (χ4n) is 4.41. The van der Waals surface area contributed by atoms with E-state index in [2.05, 4.69) is 41.1 Å². The minimum Gasteiger partial charge on any atom is -0.378 e. The van der Waals surface area contributed by atoms with Gasteiger partial charge in [0.25, 0.3) is 0 Å². The van der Waals surface area contributed by atoms with E-state index in [1.54, 1.807) is 30.3 Å². The fourth-order valence-corrected chi connectivity index (χ4v) is 4.41. The van der Waals surface area contributed by atoms with Gasteiger partial charge in [-0.05, 0) is 24.6 Å². The first-order valence-electron chi connectivity index (χ1n) is 11.3. The van der Waals surface area contributed by atoms with Gasteiger partial charge in [0.2, 0.25) is 0 Å². The number of hydrogen-bond acceptors (Lipinski definition) is 4. The molecule has 0 atom stereocenters. The molecule has 5 rings (SSSR count). The molecule has 1 aliphatic rings. The lowest BCUT2D eigenvalue weighted by Gasteiger charge is -2.30. The second-order valence-corrected chi connectivity index (χ2v) is 8.47. The van der Waals surface area contributed by atoms with Gasteiger partial charge in [-0.15, -0.1) is 0 Å². The Balaban J connectivity index is 1.69. The summed E-state index contributed by atoms with van der Waals surface area (Å²) in [4.78, 5) is 32.8. The van der Waals surface area contributed by atoms with Crippen LogP contribution in [0.3, 0.4) is 0 Å². The van der Waals surface area contributed by atoms with Gasteiger partial charge in [0.05, 0.1) is 18.7 Å². The molecule has 5 nitrogen and oxygen atoms in total. The first kappa shape index (κ1) is 21.2. The van der Waals surface area contributed by atoms with Crippen LogP contribution in [0.15, 0.2) is 77.6 Å². The Labute approximate surface area is 192 Å². The number of benzene rings is 3. The highest BCUT2D eigenvalue weighted by Gasteiger charge is 2.22. The number of para-hydroxylation sites is 1. The van der Waals surface area contributed by atoms with Crippen LogP contribution in [0.4, 0.5) is 5.82 Å². The van der Waals surface area contributed by atoms with Crippen LogP contribution in [0.5, 0.6) is 0 Å². The van der Waals surface area contributed by atoms with E-state index < -0.39 is 0 Å². The van der Waals surface area contributed by atoms with Crippen molar-refractivity contribution in [1.82, 2.24) is 4.98 Å². The molecule has 1 aromatic heterocycles. The van der Waals surface area contributed by atoms with Gasteiger partial charge in [0.1, 0.15) is 5.82 Å². The van der Waals surface area contributed by atoms with Crippen LogP contribution in [-0.4, -0.2) is 37.1 Å². The van der Waals surface area contributed by atoms with Gasteiger partial charge in [0, 0.05) is 41.6 Å². The van der Waals surface area contributed by atoms with Crippen molar-refractivity contribution in [3.05, 3.63) is 111 Å². The highest BCUT2D eigenvalue weighted by Crippen LogP contribution is 2.26. The Hall–Kier alpha value is -3.70. The van der Waals surface area contributed by atoms with Crippen molar-refractivity contribution in [2.75, 3.05) is 31.2 Å². The van der Waals surface area contributed by atoms with Gasteiger partial charge >= 0.3 is 0 Å². The van der Waals surface area contributed by atoms with Crippen LogP contribution in [0.25, 0.3) is 10.9 Å². The molecule has 33 heavy (non-hydrogen) atoms. The Morgan fingerprint density at radius 3 is 2.39 bits per heavy atom. The number of ketones is 1. The largest absolute Gasteiger partial charge is 0.378 e. The molecule has 0 radical (unpaired) electrons. The SMILES string of the molecule is Cc1ccc(Cc2c(N3CCOCC3)[nH]c3c(C(=O)c4ccccc4)cccc3c2=O)cc1. The van der Waals surface area contributed by atoms with E-state index in [1.807, 2.05) is 18.2 Å².